The van der Waals surface area contributed by atoms with E-state index in [4.69, 9.17) is 5.73 Å². The van der Waals surface area contributed by atoms with Gasteiger partial charge >= 0.3 is 0 Å². The molecule has 4 heteroatoms. The van der Waals surface area contributed by atoms with Crippen LogP contribution in [0.25, 0.3) is 4.91 Å². The fraction of sp³-hybridized carbons (Fsp3) is 0.0833. The van der Waals surface area contributed by atoms with Crippen molar-refractivity contribution in [2.45, 2.75) is 0 Å². The van der Waals surface area contributed by atoms with E-state index in [2.05, 4.69) is 22.5 Å². The highest BCUT2D eigenvalue weighted by molar-refractivity contribution is 9.09. The number of nitrogens with two attached hydrogens (primary N) is 1. The molecule has 0 atom stereocenters. The third-order valence-corrected chi connectivity index (χ3v) is 3.26. The molecule has 0 aliphatic heterocycles. The summed E-state index contributed by atoms with van der Waals surface area (Å²) in [6.45, 7) is 3.92. The van der Waals surface area contributed by atoms with Gasteiger partial charge in [0.15, 0.2) is 5.78 Å². The molecular weight excluding hydrogens is 286 g/mol. The van der Waals surface area contributed by atoms with Crippen molar-refractivity contribution < 1.29 is 4.79 Å². The molecule has 1 rings (SSSR count). The zero-order valence-electron chi connectivity index (χ0n) is 8.65. The molecule has 0 aliphatic carbocycles. The van der Waals surface area contributed by atoms with Gasteiger partial charge in [0.2, 0.25) is 0 Å². The van der Waals surface area contributed by atoms with Gasteiger partial charge in [0.1, 0.15) is 0 Å². The van der Waals surface area contributed by atoms with Crippen molar-refractivity contribution in [2.75, 3.05) is 5.33 Å². The zero-order valence-corrected chi connectivity index (χ0v) is 11.1. The van der Waals surface area contributed by atoms with Crippen LogP contribution in [0.5, 0.6) is 0 Å². The van der Waals surface area contributed by atoms with Crippen LogP contribution in [0.2, 0.25) is 0 Å². The van der Waals surface area contributed by atoms with Crippen molar-refractivity contribution in [1.82, 2.24) is 0 Å². The number of thioether (sulfide) groups is 1. The highest BCUT2D eigenvalue weighted by Gasteiger charge is 2.04. The maximum atomic E-state index is 11.4. The smallest absolute Gasteiger partial charge is 0.173 e. The van der Waals surface area contributed by atoms with Gasteiger partial charge in [-0.25, -0.2) is 0 Å². The third-order valence-electron chi connectivity index (χ3n) is 1.94. The van der Waals surface area contributed by atoms with Crippen molar-refractivity contribution in [3.05, 3.63) is 53.6 Å². The average molecular weight is 298 g/mol. The summed E-state index contributed by atoms with van der Waals surface area (Å²) in [4.78, 5) is 12.3. The summed E-state index contributed by atoms with van der Waals surface area (Å²) in [6.07, 6.45) is 1.47. The normalized spacial score (nSPS) is 10.6. The van der Waals surface area contributed by atoms with E-state index in [1.165, 1.54) is 18.0 Å². The molecule has 0 saturated carbocycles. The third kappa shape index (κ3) is 3.54. The standard InChI is InChI=1S/C12H12BrNOS/c1-9(16-7-6-14)10-2-4-11(5-3-10)12(15)8-13/h2-7H,1,8,14H2/b7-6-. The van der Waals surface area contributed by atoms with Gasteiger partial charge in [0.05, 0.1) is 5.33 Å². The minimum Gasteiger partial charge on any atom is -0.404 e. The van der Waals surface area contributed by atoms with Crippen LogP contribution in [-0.2, 0) is 0 Å². The van der Waals surface area contributed by atoms with Gasteiger partial charge in [-0.15, -0.1) is 0 Å². The minimum absolute atomic E-state index is 0.0756. The number of alkyl halides is 1. The Morgan fingerprint density at radius 2 is 1.94 bits per heavy atom. The lowest BCUT2D eigenvalue weighted by Crippen LogP contribution is -1.99. The molecule has 0 aliphatic rings. The Morgan fingerprint density at radius 1 is 1.38 bits per heavy atom. The van der Waals surface area contributed by atoms with E-state index < -0.39 is 0 Å². The number of benzene rings is 1. The molecule has 84 valence electrons. The largest absolute Gasteiger partial charge is 0.404 e. The Bertz CT molecular complexity index is 412. The van der Waals surface area contributed by atoms with Gasteiger partial charge < -0.3 is 5.73 Å². The van der Waals surface area contributed by atoms with Crippen molar-refractivity contribution in [3.63, 3.8) is 0 Å². The maximum Gasteiger partial charge on any atom is 0.173 e. The van der Waals surface area contributed by atoms with Gasteiger partial charge in [0, 0.05) is 16.7 Å². The second-order valence-corrected chi connectivity index (χ2v) is 4.57. The zero-order chi connectivity index (χ0) is 12.0. The first-order valence-corrected chi connectivity index (χ1v) is 6.61. The highest BCUT2D eigenvalue weighted by Crippen LogP contribution is 2.26. The monoisotopic (exact) mass is 297 g/mol. The van der Waals surface area contributed by atoms with Gasteiger partial charge in [0.25, 0.3) is 0 Å². The van der Waals surface area contributed by atoms with Gasteiger partial charge in [-0.05, 0) is 11.0 Å². The Kier molecular flexibility index (Phi) is 5.35. The summed E-state index contributed by atoms with van der Waals surface area (Å²) < 4.78 is 0. The van der Waals surface area contributed by atoms with E-state index >= 15 is 0 Å². The van der Waals surface area contributed by atoms with E-state index in [0.29, 0.717) is 10.9 Å². The van der Waals surface area contributed by atoms with Crippen LogP contribution in [0.4, 0.5) is 0 Å². The average Bonchev–Trinajstić information content (AvgIpc) is 2.35. The van der Waals surface area contributed by atoms with E-state index in [0.717, 1.165) is 10.5 Å². The lowest BCUT2D eigenvalue weighted by molar-refractivity contribution is 0.102. The fourth-order valence-corrected chi connectivity index (χ4v) is 1.95. The second-order valence-electron chi connectivity index (χ2n) is 3.00. The Morgan fingerprint density at radius 3 is 2.44 bits per heavy atom. The number of carbonyl (C=O) groups excluding carboxylic acids is 1. The van der Waals surface area contributed by atoms with Crippen molar-refractivity contribution >= 4 is 38.4 Å². The van der Waals surface area contributed by atoms with E-state index in [1.54, 1.807) is 17.5 Å². The van der Waals surface area contributed by atoms with Crippen LogP contribution >= 0.6 is 27.7 Å². The van der Waals surface area contributed by atoms with Crippen LogP contribution in [0.15, 0.2) is 42.5 Å². The van der Waals surface area contributed by atoms with Crippen LogP contribution in [0, 0.1) is 0 Å². The summed E-state index contributed by atoms with van der Waals surface area (Å²) in [5, 5.41) is 2.11. The molecular formula is C12H12BrNOS. The lowest BCUT2D eigenvalue weighted by Gasteiger charge is -2.03. The number of halogens is 1. The molecule has 0 saturated heterocycles. The SMILES string of the molecule is C=C(S/C=C\N)c1ccc(C(=O)CBr)cc1. The Hall–Kier alpha value is -1.00. The molecule has 0 fully saturated rings. The first kappa shape index (κ1) is 13.1. The molecule has 2 N–H and O–H groups in total. The van der Waals surface area contributed by atoms with Gasteiger partial charge in [-0.3, -0.25) is 4.79 Å². The first-order valence-electron chi connectivity index (χ1n) is 4.61. The molecule has 16 heavy (non-hydrogen) atoms. The number of ketones is 1. The minimum atomic E-state index is 0.0756. The summed E-state index contributed by atoms with van der Waals surface area (Å²) in [7, 11) is 0. The molecule has 0 heterocycles. The number of carbonyl (C=O) groups is 1. The van der Waals surface area contributed by atoms with Crippen LogP contribution < -0.4 is 5.73 Å². The molecule has 1 aromatic rings. The summed E-state index contributed by atoms with van der Waals surface area (Å²) in [5.74, 6) is 0.0756. The van der Waals surface area contributed by atoms with Crippen molar-refractivity contribution in [2.24, 2.45) is 5.73 Å². The molecule has 1 aromatic carbocycles. The predicted molar refractivity (Wildman–Crippen MR) is 74.5 cm³/mol. The quantitative estimate of drug-likeness (QED) is 0.669. The number of Topliss-reactive ketones (excluding diaryl/α,β-unsaturated/α-hetero) is 1. The predicted octanol–water partition coefficient (Wildman–Crippen LogP) is 3.40. The molecule has 0 amide bonds. The molecule has 2 nitrogen and oxygen atoms in total. The Labute approximate surface area is 108 Å². The van der Waals surface area contributed by atoms with Gasteiger partial charge in [-0.1, -0.05) is 58.5 Å². The van der Waals surface area contributed by atoms with E-state index in [9.17, 15) is 4.79 Å². The molecule has 0 bridgehead atoms. The number of hydrogen-bond donors (Lipinski definition) is 1. The summed E-state index contributed by atoms with van der Waals surface area (Å²) in [5.41, 5.74) is 6.94. The van der Waals surface area contributed by atoms with E-state index in [-0.39, 0.29) is 5.78 Å². The second kappa shape index (κ2) is 6.55. The molecule has 0 radical (unpaired) electrons. The molecule has 0 aromatic heterocycles. The number of hydrogen-bond acceptors (Lipinski definition) is 3. The van der Waals surface area contributed by atoms with Crippen molar-refractivity contribution in [1.29, 1.82) is 0 Å². The van der Waals surface area contributed by atoms with Crippen LogP contribution in [0.1, 0.15) is 15.9 Å². The highest BCUT2D eigenvalue weighted by atomic mass is 79.9. The first-order chi connectivity index (χ1) is 7.69. The lowest BCUT2D eigenvalue weighted by atomic mass is 10.1. The summed E-state index contributed by atoms with van der Waals surface area (Å²) >= 11 is 4.59. The molecule has 0 spiro atoms. The summed E-state index contributed by atoms with van der Waals surface area (Å²) in [6, 6.07) is 7.37. The number of rotatable bonds is 5. The van der Waals surface area contributed by atoms with Crippen LogP contribution in [0.3, 0.4) is 0 Å². The maximum absolute atomic E-state index is 11.4. The Balaban J connectivity index is 2.78. The topological polar surface area (TPSA) is 43.1 Å². The van der Waals surface area contributed by atoms with Crippen molar-refractivity contribution in [3.8, 4) is 0 Å². The molecule has 0 unspecified atom stereocenters. The van der Waals surface area contributed by atoms with Crippen LogP contribution in [-0.4, -0.2) is 11.1 Å². The fourth-order valence-electron chi connectivity index (χ4n) is 1.11. The van der Waals surface area contributed by atoms with Gasteiger partial charge in [-0.2, -0.15) is 0 Å². The van der Waals surface area contributed by atoms with E-state index in [1.807, 2.05) is 12.1 Å².